The van der Waals surface area contributed by atoms with E-state index in [1.165, 1.54) is 12.0 Å². The van der Waals surface area contributed by atoms with Gasteiger partial charge in [0.15, 0.2) is 11.9 Å². The highest BCUT2D eigenvalue weighted by Crippen LogP contribution is 2.27. The number of anilines is 1. The second kappa shape index (κ2) is 5.17. The van der Waals surface area contributed by atoms with Gasteiger partial charge in [-0.05, 0) is 12.1 Å². The maximum Gasteiger partial charge on any atom is 0.342 e. The van der Waals surface area contributed by atoms with E-state index in [4.69, 9.17) is 15.2 Å². The van der Waals surface area contributed by atoms with Crippen LogP contribution in [0.15, 0.2) is 18.2 Å². The number of carbonyl (C=O) groups excluding carboxylic acids is 2. The summed E-state index contributed by atoms with van der Waals surface area (Å²) < 4.78 is 10.3. The Kier molecular flexibility index (Phi) is 3.59. The number of hydrogen-bond donors (Lipinski definition) is 1. The van der Waals surface area contributed by atoms with E-state index in [-0.39, 0.29) is 17.2 Å². The quantitative estimate of drug-likeness (QED) is 0.640. The average molecular weight is 264 g/mol. The number of ether oxygens (including phenoxy) is 2. The topological polar surface area (TPSA) is 81.9 Å². The summed E-state index contributed by atoms with van der Waals surface area (Å²) >= 11 is 0. The van der Waals surface area contributed by atoms with Crippen LogP contribution in [-0.2, 0) is 9.53 Å². The van der Waals surface area contributed by atoms with Crippen molar-refractivity contribution in [2.24, 2.45) is 0 Å². The Bertz CT molecular complexity index is 515. The number of rotatable bonds is 3. The predicted octanol–water partition coefficient (Wildman–Crippen LogP) is 0.665. The van der Waals surface area contributed by atoms with Crippen molar-refractivity contribution in [1.29, 1.82) is 0 Å². The highest BCUT2D eigenvalue weighted by Gasteiger charge is 2.33. The number of likely N-dealkylation sites (N-methyl/N-ethyl adjacent to an activating group) is 1. The smallest absolute Gasteiger partial charge is 0.342 e. The van der Waals surface area contributed by atoms with Crippen molar-refractivity contribution in [2.45, 2.75) is 12.5 Å². The zero-order valence-electron chi connectivity index (χ0n) is 10.9. The summed E-state index contributed by atoms with van der Waals surface area (Å²) in [6, 6.07) is 4.82. The molecule has 0 aliphatic carbocycles. The van der Waals surface area contributed by atoms with Crippen molar-refractivity contribution in [3.8, 4) is 5.75 Å². The van der Waals surface area contributed by atoms with Crippen LogP contribution in [0.5, 0.6) is 5.75 Å². The summed E-state index contributed by atoms with van der Waals surface area (Å²) in [5.74, 6) is -0.514. The molecule has 6 nitrogen and oxygen atoms in total. The minimum absolute atomic E-state index is 0.184. The lowest BCUT2D eigenvalue weighted by Crippen LogP contribution is -2.29. The Balaban J connectivity index is 2.17. The van der Waals surface area contributed by atoms with E-state index in [2.05, 4.69) is 0 Å². The summed E-state index contributed by atoms with van der Waals surface area (Å²) in [5.41, 5.74) is 6.30. The molecule has 1 aromatic carbocycles. The number of carbonyl (C=O) groups is 2. The van der Waals surface area contributed by atoms with Crippen molar-refractivity contribution in [3.05, 3.63) is 23.8 Å². The Morgan fingerprint density at radius 1 is 1.47 bits per heavy atom. The highest BCUT2D eigenvalue weighted by molar-refractivity contribution is 5.96. The summed E-state index contributed by atoms with van der Waals surface area (Å²) in [7, 11) is 3.11. The van der Waals surface area contributed by atoms with Gasteiger partial charge in [0, 0.05) is 20.0 Å². The number of methoxy groups -OCH3 is 1. The van der Waals surface area contributed by atoms with E-state index < -0.39 is 12.1 Å². The molecule has 2 rings (SSSR count). The molecule has 19 heavy (non-hydrogen) atoms. The largest absolute Gasteiger partial charge is 0.494 e. The normalized spacial score (nSPS) is 18.5. The highest BCUT2D eigenvalue weighted by atomic mass is 16.6. The van der Waals surface area contributed by atoms with Crippen molar-refractivity contribution in [1.82, 2.24) is 4.90 Å². The first-order valence-electron chi connectivity index (χ1n) is 5.93. The fourth-order valence-electron chi connectivity index (χ4n) is 2.04. The molecule has 0 spiro atoms. The third kappa shape index (κ3) is 2.47. The van der Waals surface area contributed by atoms with Gasteiger partial charge in [-0.2, -0.15) is 0 Å². The Morgan fingerprint density at radius 3 is 2.79 bits per heavy atom. The monoisotopic (exact) mass is 264 g/mol. The number of nitrogen functional groups attached to an aromatic ring is 1. The summed E-state index contributed by atoms with van der Waals surface area (Å²) in [6.45, 7) is 0.588. The maximum atomic E-state index is 12.1. The Hall–Kier alpha value is -2.24. The maximum absolute atomic E-state index is 12.1. The minimum atomic E-state index is -0.719. The number of nitrogens with two attached hydrogens (primary N) is 1. The first-order chi connectivity index (χ1) is 9.04. The number of amides is 1. The summed E-state index contributed by atoms with van der Waals surface area (Å²) in [6.07, 6.45) is -0.213. The molecule has 1 unspecified atom stereocenters. The van der Waals surface area contributed by atoms with Crippen LogP contribution in [0.2, 0.25) is 0 Å². The van der Waals surface area contributed by atoms with Crippen LogP contribution in [0.25, 0.3) is 0 Å². The van der Waals surface area contributed by atoms with Gasteiger partial charge >= 0.3 is 5.97 Å². The van der Waals surface area contributed by atoms with Gasteiger partial charge in [-0.25, -0.2) is 4.79 Å². The van der Waals surface area contributed by atoms with E-state index >= 15 is 0 Å². The lowest BCUT2D eigenvalue weighted by Gasteiger charge is -2.14. The minimum Gasteiger partial charge on any atom is -0.494 e. The van der Waals surface area contributed by atoms with Crippen LogP contribution in [0.1, 0.15) is 16.8 Å². The van der Waals surface area contributed by atoms with E-state index in [0.29, 0.717) is 18.7 Å². The molecule has 1 atom stereocenters. The number of nitrogens with zero attached hydrogens (tertiary/aromatic N) is 1. The summed E-state index contributed by atoms with van der Waals surface area (Å²) in [4.78, 5) is 25.3. The molecular formula is C13H16N2O4. The Labute approximate surface area is 111 Å². The van der Waals surface area contributed by atoms with Crippen LogP contribution >= 0.6 is 0 Å². The fraction of sp³-hybridized carbons (Fsp3) is 0.385. The van der Waals surface area contributed by atoms with Crippen molar-refractivity contribution < 1.29 is 19.1 Å². The van der Waals surface area contributed by atoms with Crippen LogP contribution in [0.4, 0.5) is 5.69 Å². The van der Waals surface area contributed by atoms with Gasteiger partial charge in [-0.15, -0.1) is 0 Å². The molecule has 102 valence electrons. The molecule has 1 aliphatic heterocycles. The third-order valence-electron chi connectivity index (χ3n) is 3.10. The lowest BCUT2D eigenvalue weighted by atomic mass is 10.1. The van der Waals surface area contributed by atoms with E-state index in [1.807, 2.05) is 0 Å². The third-order valence-corrected chi connectivity index (χ3v) is 3.10. The van der Waals surface area contributed by atoms with Crippen LogP contribution < -0.4 is 10.5 Å². The molecular weight excluding hydrogens is 248 g/mol. The van der Waals surface area contributed by atoms with Gasteiger partial charge in [0.25, 0.3) is 5.91 Å². The van der Waals surface area contributed by atoms with Crippen molar-refractivity contribution in [3.63, 3.8) is 0 Å². The number of benzene rings is 1. The first kappa shape index (κ1) is 13.2. The second-order valence-electron chi connectivity index (χ2n) is 4.37. The number of hydrogen-bond acceptors (Lipinski definition) is 5. The van der Waals surface area contributed by atoms with E-state index in [9.17, 15) is 9.59 Å². The molecule has 1 heterocycles. The lowest BCUT2D eigenvalue weighted by molar-refractivity contribution is -0.133. The van der Waals surface area contributed by atoms with Gasteiger partial charge < -0.3 is 20.1 Å². The molecule has 6 heteroatoms. The molecule has 1 fully saturated rings. The second-order valence-corrected chi connectivity index (χ2v) is 4.37. The molecule has 0 saturated carbocycles. The van der Waals surface area contributed by atoms with Gasteiger partial charge in [0.1, 0.15) is 5.56 Å². The molecule has 1 aromatic rings. The SMILES string of the molecule is COc1c(N)cccc1C(=O)OC1CCN(C)C1=O. The molecule has 0 bridgehead atoms. The van der Waals surface area contributed by atoms with E-state index in [1.54, 1.807) is 25.2 Å². The van der Waals surface area contributed by atoms with Crippen LogP contribution in [-0.4, -0.2) is 43.6 Å². The Morgan fingerprint density at radius 2 is 2.21 bits per heavy atom. The number of para-hydroxylation sites is 1. The number of esters is 1. The van der Waals surface area contributed by atoms with E-state index in [0.717, 1.165) is 0 Å². The number of likely N-dealkylation sites (tertiary alicyclic amines) is 1. The standard InChI is InChI=1S/C13H16N2O4/c1-15-7-6-10(12(15)16)19-13(17)8-4-3-5-9(14)11(8)18-2/h3-5,10H,6-7,14H2,1-2H3. The molecule has 1 aliphatic rings. The molecule has 1 amide bonds. The zero-order valence-corrected chi connectivity index (χ0v) is 10.9. The van der Waals surface area contributed by atoms with Gasteiger partial charge in [0.2, 0.25) is 0 Å². The predicted molar refractivity (Wildman–Crippen MR) is 68.9 cm³/mol. The molecule has 2 N–H and O–H groups in total. The van der Waals surface area contributed by atoms with Crippen molar-refractivity contribution in [2.75, 3.05) is 26.4 Å². The van der Waals surface area contributed by atoms with Gasteiger partial charge in [0.05, 0.1) is 12.8 Å². The van der Waals surface area contributed by atoms with Gasteiger partial charge in [-0.1, -0.05) is 6.07 Å². The summed E-state index contributed by atoms with van der Waals surface area (Å²) in [5, 5.41) is 0. The first-order valence-corrected chi connectivity index (χ1v) is 5.93. The molecule has 0 aromatic heterocycles. The molecule has 1 saturated heterocycles. The molecule has 0 radical (unpaired) electrons. The van der Waals surface area contributed by atoms with Crippen LogP contribution in [0.3, 0.4) is 0 Å². The zero-order chi connectivity index (χ0) is 14.0. The van der Waals surface area contributed by atoms with Crippen LogP contribution in [0, 0.1) is 0 Å². The fourth-order valence-corrected chi connectivity index (χ4v) is 2.04. The van der Waals surface area contributed by atoms with Crippen molar-refractivity contribution >= 4 is 17.6 Å². The van der Waals surface area contributed by atoms with Gasteiger partial charge in [-0.3, -0.25) is 4.79 Å². The average Bonchev–Trinajstić information content (AvgIpc) is 2.70.